The maximum atomic E-state index is 13.0. The molecule has 1 unspecified atom stereocenters. The van der Waals surface area contributed by atoms with Crippen LogP contribution in [0.3, 0.4) is 0 Å². The maximum Gasteiger partial charge on any atom is 0.191 e. The maximum absolute atomic E-state index is 13.0. The highest BCUT2D eigenvalue weighted by Gasteiger charge is 2.05. The van der Waals surface area contributed by atoms with Crippen LogP contribution in [0.2, 0.25) is 0 Å². The van der Waals surface area contributed by atoms with Crippen molar-refractivity contribution in [3.8, 4) is 5.75 Å². The van der Waals surface area contributed by atoms with Crippen LogP contribution in [0.5, 0.6) is 5.75 Å². The Kier molecular flexibility index (Phi) is 10.1. The van der Waals surface area contributed by atoms with Gasteiger partial charge in [0.2, 0.25) is 0 Å². The van der Waals surface area contributed by atoms with Gasteiger partial charge in [0.1, 0.15) is 17.7 Å². The van der Waals surface area contributed by atoms with E-state index < -0.39 is 0 Å². The normalized spacial score (nSPS) is 11.0. The highest BCUT2D eigenvalue weighted by molar-refractivity contribution is 14.0. The molecular weight excluding hydrogens is 372 g/mol. The first kappa shape index (κ1) is 18.9. The summed E-state index contributed by atoms with van der Waals surface area (Å²) in [5.41, 5.74) is 0. The van der Waals surface area contributed by atoms with E-state index in [-0.39, 0.29) is 35.9 Å². The van der Waals surface area contributed by atoms with E-state index >= 15 is 0 Å². The molecule has 4 nitrogen and oxygen atoms in total. The van der Waals surface area contributed by atoms with Gasteiger partial charge in [0.25, 0.3) is 0 Å². The molecule has 0 aliphatic rings. The first-order valence-corrected chi connectivity index (χ1v) is 6.60. The zero-order valence-electron chi connectivity index (χ0n) is 12.1. The molecule has 6 heteroatoms. The third-order valence-electron chi connectivity index (χ3n) is 2.33. The molecule has 0 saturated carbocycles. The van der Waals surface area contributed by atoms with Gasteiger partial charge in [-0.05, 0) is 32.9 Å². The van der Waals surface area contributed by atoms with Crippen molar-refractivity contribution in [3.05, 3.63) is 30.1 Å². The Morgan fingerprint density at radius 2 is 1.95 bits per heavy atom. The molecule has 1 aromatic rings. The SMILES string of the molecule is CCNC(=NCC(C)Oc1cccc(F)c1)NCC.I. The van der Waals surface area contributed by atoms with E-state index in [1.165, 1.54) is 12.1 Å². The first-order chi connectivity index (χ1) is 9.15. The topological polar surface area (TPSA) is 45.7 Å². The molecule has 1 atom stereocenters. The highest BCUT2D eigenvalue weighted by Crippen LogP contribution is 2.13. The summed E-state index contributed by atoms with van der Waals surface area (Å²) in [5.74, 6) is 0.991. The molecule has 1 aromatic carbocycles. The van der Waals surface area contributed by atoms with Crippen molar-refractivity contribution in [1.82, 2.24) is 10.6 Å². The number of hydrogen-bond donors (Lipinski definition) is 2. The monoisotopic (exact) mass is 395 g/mol. The van der Waals surface area contributed by atoms with Gasteiger partial charge >= 0.3 is 0 Å². The standard InChI is InChI=1S/C14H22FN3O.HI/c1-4-16-14(17-5-2)18-10-11(3)19-13-8-6-7-12(15)9-13;/h6-9,11H,4-5,10H2,1-3H3,(H2,16,17,18);1H. The summed E-state index contributed by atoms with van der Waals surface area (Å²) in [6, 6.07) is 6.13. The van der Waals surface area contributed by atoms with Gasteiger partial charge in [0.15, 0.2) is 5.96 Å². The lowest BCUT2D eigenvalue weighted by molar-refractivity contribution is 0.229. The summed E-state index contributed by atoms with van der Waals surface area (Å²) in [7, 11) is 0. The molecular formula is C14H23FIN3O. The number of hydrogen-bond acceptors (Lipinski definition) is 2. The molecule has 1 rings (SSSR count). The van der Waals surface area contributed by atoms with Crippen LogP contribution < -0.4 is 15.4 Å². The minimum absolute atomic E-state index is 0. The predicted molar refractivity (Wildman–Crippen MR) is 91.6 cm³/mol. The molecule has 0 radical (unpaired) electrons. The Labute approximate surface area is 137 Å². The number of nitrogens with zero attached hydrogens (tertiary/aromatic N) is 1. The summed E-state index contributed by atoms with van der Waals surface area (Å²) in [6.45, 7) is 8.06. The summed E-state index contributed by atoms with van der Waals surface area (Å²) in [4.78, 5) is 4.40. The van der Waals surface area contributed by atoms with Gasteiger partial charge in [0, 0.05) is 19.2 Å². The van der Waals surface area contributed by atoms with E-state index in [2.05, 4.69) is 15.6 Å². The third kappa shape index (κ3) is 7.52. The smallest absolute Gasteiger partial charge is 0.191 e. The van der Waals surface area contributed by atoms with E-state index in [9.17, 15) is 4.39 Å². The van der Waals surface area contributed by atoms with Crippen LogP contribution >= 0.6 is 24.0 Å². The van der Waals surface area contributed by atoms with Crippen molar-refractivity contribution >= 4 is 29.9 Å². The molecule has 20 heavy (non-hydrogen) atoms. The number of aliphatic imine (C=N–C) groups is 1. The Hall–Kier alpha value is -1.05. The van der Waals surface area contributed by atoms with Gasteiger partial charge in [-0.25, -0.2) is 9.38 Å². The number of halogens is 2. The van der Waals surface area contributed by atoms with Gasteiger partial charge in [-0.1, -0.05) is 6.07 Å². The van der Waals surface area contributed by atoms with Crippen molar-refractivity contribution in [2.24, 2.45) is 4.99 Å². The summed E-state index contributed by atoms with van der Waals surface area (Å²) < 4.78 is 18.6. The average molecular weight is 395 g/mol. The summed E-state index contributed by atoms with van der Waals surface area (Å²) in [5, 5.41) is 6.27. The summed E-state index contributed by atoms with van der Waals surface area (Å²) >= 11 is 0. The van der Waals surface area contributed by atoms with Crippen LogP contribution in [0.1, 0.15) is 20.8 Å². The second-order valence-corrected chi connectivity index (χ2v) is 4.14. The van der Waals surface area contributed by atoms with E-state index in [1.807, 2.05) is 20.8 Å². The number of nitrogens with one attached hydrogen (secondary N) is 2. The summed E-state index contributed by atoms with van der Waals surface area (Å²) in [6.07, 6.45) is -0.117. The first-order valence-electron chi connectivity index (χ1n) is 6.60. The molecule has 0 spiro atoms. The van der Waals surface area contributed by atoms with E-state index in [1.54, 1.807) is 12.1 Å². The Morgan fingerprint density at radius 1 is 1.30 bits per heavy atom. The molecule has 0 aromatic heterocycles. The van der Waals surface area contributed by atoms with E-state index in [4.69, 9.17) is 4.74 Å². The van der Waals surface area contributed by atoms with Crippen molar-refractivity contribution in [2.75, 3.05) is 19.6 Å². The quantitative estimate of drug-likeness (QED) is 0.443. The minimum atomic E-state index is -0.297. The van der Waals surface area contributed by atoms with Gasteiger partial charge in [-0.15, -0.1) is 24.0 Å². The van der Waals surface area contributed by atoms with Gasteiger partial charge in [-0.3, -0.25) is 0 Å². The Bertz CT molecular complexity index is 407. The Morgan fingerprint density at radius 3 is 2.50 bits per heavy atom. The lowest BCUT2D eigenvalue weighted by atomic mass is 10.3. The average Bonchev–Trinajstić information content (AvgIpc) is 2.36. The lowest BCUT2D eigenvalue weighted by Crippen LogP contribution is -2.37. The minimum Gasteiger partial charge on any atom is -0.489 e. The molecule has 0 saturated heterocycles. The van der Waals surface area contributed by atoms with Gasteiger partial charge < -0.3 is 15.4 Å². The van der Waals surface area contributed by atoms with Crippen molar-refractivity contribution < 1.29 is 9.13 Å². The second-order valence-electron chi connectivity index (χ2n) is 4.14. The molecule has 0 aliphatic heterocycles. The highest BCUT2D eigenvalue weighted by atomic mass is 127. The predicted octanol–water partition coefficient (Wildman–Crippen LogP) is 2.79. The fourth-order valence-corrected chi connectivity index (χ4v) is 1.54. The molecule has 0 amide bonds. The van der Waals surface area contributed by atoms with Crippen LogP contribution in [0.25, 0.3) is 0 Å². The lowest BCUT2D eigenvalue weighted by Gasteiger charge is -2.14. The van der Waals surface area contributed by atoms with Crippen molar-refractivity contribution in [3.63, 3.8) is 0 Å². The van der Waals surface area contributed by atoms with E-state index in [0.717, 1.165) is 19.0 Å². The fraction of sp³-hybridized carbons (Fsp3) is 0.500. The zero-order chi connectivity index (χ0) is 14.1. The van der Waals surface area contributed by atoms with Crippen LogP contribution in [-0.4, -0.2) is 31.7 Å². The number of benzene rings is 1. The molecule has 114 valence electrons. The van der Waals surface area contributed by atoms with Crippen molar-refractivity contribution in [2.45, 2.75) is 26.9 Å². The third-order valence-corrected chi connectivity index (χ3v) is 2.33. The number of rotatable bonds is 6. The Balaban J connectivity index is 0.00000361. The molecule has 0 bridgehead atoms. The second kappa shape index (κ2) is 10.7. The molecule has 0 fully saturated rings. The number of guanidine groups is 1. The number of ether oxygens (including phenoxy) is 1. The van der Waals surface area contributed by atoms with Crippen LogP contribution in [0.4, 0.5) is 4.39 Å². The van der Waals surface area contributed by atoms with Crippen molar-refractivity contribution in [1.29, 1.82) is 0 Å². The van der Waals surface area contributed by atoms with Crippen LogP contribution in [0.15, 0.2) is 29.3 Å². The zero-order valence-corrected chi connectivity index (χ0v) is 14.5. The fourth-order valence-electron chi connectivity index (χ4n) is 1.54. The van der Waals surface area contributed by atoms with E-state index in [0.29, 0.717) is 12.3 Å². The van der Waals surface area contributed by atoms with Crippen LogP contribution in [0, 0.1) is 5.82 Å². The largest absolute Gasteiger partial charge is 0.489 e. The molecule has 2 N–H and O–H groups in total. The van der Waals surface area contributed by atoms with Crippen LogP contribution in [-0.2, 0) is 0 Å². The van der Waals surface area contributed by atoms with Gasteiger partial charge in [-0.2, -0.15) is 0 Å². The van der Waals surface area contributed by atoms with Gasteiger partial charge in [0.05, 0.1) is 6.54 Å². The molecule has 0 heterocycles. The molecule has 0 aliphatic carbocycles.